The van der Waals surface area contributed by atoms with Crippen molar-refractivity contribution in [2.75, 3.05) is 5.73 Å². The zero-order valence-corrected chi connectivity index (χ0v) is 14.8. The second kappa shape index (κ2) is 5.99. The van der Waals surface area contributed by atoms with Gasteiger partial charge in [-0.2, -0.15) is 20.2 Å². The minimum atomic E-state index is -1.45. The van der Waals surface area contributed by atoms with Gasteiger partial charge in [0.25, 0.3) is 0 Å². The maximum Gasteiger partial charge on any atom is 0.194 e. The van der Waals surface area contributed by atoms with Crippen molar-refractivity contribution in [2.24, 2.45) is 5.92 Å². The lowest BCUT2D eigenvalue weighted by Gasteiger charge is -2.43. The molecular weight excluding hydrogens is 342 g/mol. The highest BCUT2D eigenvalue weighted by atomic mass is 32.1. The highest BCUT2D eigenvalue weighted by molar-refractivity contribution is 7.10. The predicted octanol–water partition coefficient (Wildman–Crippen LogP) is 3.86. The number of nitrogens with two attached hydrogens (primary N) is 1. The summed E-state index contributed by atoms with van der Waals surface area (Å²) < 4.78 is 4.42. The summed E-state index contributed by atoms with van der Waals surface area (Å²) in [6.45, 7) is 0. The minimum absolute atomic E-state index is 0.0243. The third-order valence-corrected chi connectivity index (χ3v) is 6.18. The second-order valence-corrected chi connectivity index (χ2v) is 7.48. The van der Waals surface area contributed by atoms with E-state index < -0.39 is 11.3 Å². The molecule has 1 aromatic carbocycles. The van der Waals surface area contributed by atoms with Gasteiger partial charge in [-0.3, -0.25) is 0 Å². The number of benzene rings is 1. The summed E-state index contributed by atoms with van der Waals surface area (Å²) in [4.78, 5) is 0. The zero-order chi connectivity index (χ0) is 18.3. The maximum absolute atomic E-state index is 10.1. The largest absolute Gasteiger partial charge is 0.389 e. The fourth-order valence-corrected chi connectivity index (χ4v) is 5.16. The van der Waals surface area contributed by atoms with Crippen LogP contribution in [0.5, 0.6) is 0 Å². The minimum Gasteiger partial charge on any atom is -0.389 e. The van der Waals surface area contributed by atoms with Crippen molar-refractivity contribution in [3.8, 4) is 18.2 Å². The Balaban J connectivity index is 2.09. The third kappa shape index (κ3) is 2.02. The normalized spacial score (nSPS) is 22.7. The van der Waals surface area contributed by atoms with Crippen LogP contribution in [0.25, 0.3) is 5.57 Å². The molecule has 1 aromatic heterocycles. The van der Waals surface area contributed by atoms with Gasteiger partial charge >= 0.3 is 0 Å². The topological polar surface area (TPSA) is 110 Å². The number of anilines is 1. The number of fused-ring (bicyclic) bond motifs is 3. The Morgan fingerprint density at radius 3 is 2.69 bits per heavy atom. The van der Waals surface area contributed by atoms with Crippen molar-refractivity contribution in [2.45, 2.75) is 30.6 Å². The Labute approximate surface area is 155 Å². The van der Waals surface area contributed by atoms with Crippen LogP contribution in [0.3, 0.4) is 0 Å². The van der Waals surface area contributed by atoms with Gasteiger partial charge in [0.2, 0.25) is 0 Å². The monoisotopic (exact) mass is 357 g/mol. The van der Waals surface area contributed by atoms with Crippen LogP contribution in [0, 0.1) is 39.9 Å². The van der Waals surface area contributed by atoms with Crippen molar-refractivity contribution in [1.29, 1.82) is 15.8 Å². The number of rotatable bonds is 1. The SMILES string of the molecule is N#Cc1ccccc1[C@@H]1[C@H]2CCCC=C2c2c(nsc2N)C1(C#N)C#N. The lowest BCUT2D eigenvalue weighted by molar-refractivity contribution is 0.373. The van der Waals surface area contributed by atoms with Crippen molar-refractivity contribution in [1.82, 2.24) is 4.37 Å². The van der Waals surface area contributed by atoms with E-state index in [0.29, 0.717) is 16.3 Å². The molecule has 6 heteroatoms. The van der Waals surface area contributed by atoms with Crippen LogP contribution < -0.4 is 5.73 Å². The molecule has 2 aromatic rings. The molecule has 5 nitrogen and oxygen atoms in total. The summed E-state index contributed by atoms with van der Waals surface area (Å²) >= 11 is 1.14. The predicted molar refractivity (Wildman–Crippen MR) is 98.6 cm³/mol. The molecule has 126 valence electrons. The Bertz CT molecular complexity index is 1030. The summed E-state index contributed by atoms with van der Waals surface area (Å²) in [6.07, 6.45) is 4.95. The maximum atomic E-state index is 10.1. The summed E-state index contributed by atoms with van der Waals surface area (Å²) in [6, 6.07) is 14.0. The van der Waals surface area contributed by atoms with Gasteiger partial charge in [-0.15, -0.1) is 0 Å². The molecule has 1 heterocycles. The summed E-state index contributed by atoms with van der Waals surface area (Å²) in [5.74, 6) is -0.461. The highest BCUT2D eigenvalue weighted by Crippen LogP contribution is 2.58. The molecule has 0 fully saturated rings. The van der Waals surface area contributed by atoms with Crippen LogP contribution >= 0.6 is 11.5 Å². The fraction of sp³-hybridized carbons (Fsp3) is 0.300. The average Bonchev–Trinajstić information content (AvgIpc) is 3.09. The Hall–Kier alpha value is -3.14. The van der Waals surface area contributed by atoms with Crippen LogP contribution in [0.1, 0.15) is 47.6 Å². The molecule has 0 saturated heterocycles. The summed E-state index contributed by atoms with van der Waals surface area (Å²) in [7, 11) is 0. The van der Waals surface area contributed by atoms with Crippen LogP contribution in [0.4, 0.5) is 5.00 Å². The molecule has 2 aliphatic rings. The third-order valence-electron chi connectivity index (χ3n) is 5.50. The summed E-state index contributed by atoms with van der Waals surface area (Å²) in [5.41, 5.74) is 8.28. The van der Waals surface area contributed by atoms with E-state index >= 15 is 0 Å². The van der Waals surface area contributed by atoms with Gasteiger partial charge in [-0.05, 0) is 53.9 Å². The smallest absolute Gasteiger partial charge is 0.194 e. The zero-order valence-electron chi connectivity index (χ0n) is 13.9. The van der Waals surface area contributed by atoms with Crippen molar-refractivity contribution < 1.29 is 0 Å². The lowest BCUT2D eigenvalue weighted by atomic mass is 9.56. The van der Waals surface area contributed by atoms with Gasteiger partial charge in [0.15, 0.2) is 5.41 Å². The van der Waals surface area contributed by atoms with E-state index in [1.54, 1.807) is 12.1 Å². The molecule has 4 rings (SSSR count). The molecule has 26 heavy (non-hydrogen) atoms. The van der Waals surface area contributed by atoms with Crippen LogP contribution in [0.15, 0.2) is 30.3 Å². The van der Waals surface area contributed by atoms with E-state index in [0.717, 1.165) is 47.5 Å². The molecule has 0 bridgehead atoms. The van der Waals surface area contributed by atoms with E-state index in [2.05, 4.69) is 28.7 Å². The van der Waals surface area contributed by atoms with Crippen LogP contribution in [0.2, 0.25) is 0 Å². The standard InChI is InChI=1S/C20H15N5S/c21-9-12-5-1-2-6-13(12)17-15-8-4-3-7-14(15)16-18(25-26-19(16)24)20(17,10-22)11-23/h1-2,5-7,15,17H,3-4,8,24H2/t15-,17+/m0/s1. The van der Waals surface area contributed by atoms with Crippen LogP contribution in [-0.2, 0) is 5.41 Å². The van der Waals surface area contributed by atoms with Crippen LogP contribution in [-0.4, -0.2) is 4.37 Å². The molecule has 2 N–H and O–H groups in total. The summed E-state index contributed by atoms with van der Waals surface area (Å²) in [5, 5.41) is 30.4. The van der Waals surface area contributed by atoms with E-state index in [-0.39, 0.29) is 5.92 Å². The molecule has 0 aliphatic heterocycles. The first-order valence-electron chi connectivity index (χ1n) is 8.45. The first kappa shape index (κ1) is 16.3. The molecule has 0 spiro atoms. The fourth-order valence-electron chi connectivity index (χ4n) is 4.43. The Morgan fingerprint density at radius 2 is 1.96 bits per heavy atom. The van der Waals surface area contributed by atoms with Gasteiger partial charge in [-0.25, -0.2) is 0 Å². The Morgan fingerprint density at radius 1 is 1.19 bits per heavy atom. The van der Waals surface area contributed by atoms with Gasteiger partial charge in [0, 0.05) is 11.5 Å². The number of nitrogen functional groups attached to an aromatic ring is 1. The number of aromatic nitrogens is 1. The molecule has 2 atom stereocenters. The first-order valence-corrected chi connectivity index (χ1v) is 9.23. The molecule has 0 amide bonds. The molecule has 0 unspecified atom stereocenters. The quantitative estimate of drug-likeness (QED) is 0.833. The van der Waals surface area contributed by atoms with E-state index in [1.807, 2.05) is 12.1 Å². The molecule has 0 radical (unpaired) electrons. The van der Waals surface area contributed by atoms with Crippen molar-refractivity contribution in [3.63, 3.8) is 0 Å². The molecule has 0 saturated carbocycles. The number of nitriles is 3. The second-order valence-electron chi connectivity index (χ2n) is 6.68. The van der Waals surface area contributed by atoms with Gasteiger partial charge in [-0.1, -0.05) is 24.3 Å². The van der Waals surface area contributed by atoms with Gasteiger partial charge in [0.05, 0.1) is 29.5 Å². The van der Waals surface area contributed by atoms with Crippen molar-refractivity contribution >= 4 is 22.1 Å². The first-order chi connectivity index (χ1) is 12.7. The Kier molecular flexibility index (Phi) is 3.76. The number of hydrogen-bond donors (Lipinski definition) is 1. The van der Waals surface area contributed by atoms with Crippen molar-refractivity contribution in [3.05, 3.63) is 52.7 Å². The molecule has 2 aliphatic carbocycles. The van der Waals surface area contributed by atoms with Gasteiger partial charge in [0.1, 0.15) is 5.00 Å². The molecular formula is C20H15N5S. The highest BCUT2D eigenvalue weighted by Gasteiger charge is 2.55. The van der Waals surface area contributed by atoms with E-state index in [9.17, 15) is 15.8 Å². The van der Waals surface area contributed by atoms with Gasteiger partial charge < -0.3 is 5.73 Å². The van der Waals surface area contributed by atoms with E-state index in [4.69, 9.17) is 5.73 Å². The average molecular weight is 357 g/mol. The number of nitrogens with zero attached hydrogens (tertiary/aromatic N) is 4. The lowest BCUT2D eigenvalue weighted by Crippen LogP contribution is -2.41. The number of hydrogen-bond acceptors (Lipinski definition) is 6. The van der Waals surface area contributed by atoms with E-state index in [1.165, 1.54) is 0 Å². The number of allylic oxidation sites excluding steroid dienone is 2.